The molecule has 9 nitrogen and oxygen atoms in total. The van der Waals surface area contributed by atoms with Crippen molar-refractivity contribution in [1.29, 1.82) is 0 Å². The molecule has 0 aromatic rings. The Bertz CT molecular complexity index is 961. The Labute approximate surface area is 205 Å². The number of piperidine rings is 1. The minimum atomic E-state index is -1.50. The van der Waals surface area contributed by atoms with Crippen LogP contribution in [0.3, 0.4) is 0 Å². The molecular weight excluding hydrogens is 452 g/mol. The van der Waals surface area contributed by atoms with Crippen LogP contribution in [-0.4, -0.2) is 77.1 Å². The van der Waals surface area contributed by atoms with E-state index in [1.165, 1.54) is 12.0 Å². The number of piperazine rings is 1. The molecule has 3 unspecified atom stereocenters. The van der Waals surface area contributed by atoms with E-state index in [2.05, 4.69) is 0 Å². The van der Waals surface area contributed by atoms with E-state index < -0.39 is 35.3 Å². The van der Waals surface area contributed by atoms with Crippen LogP contribution in [0.15, 0.2) is 11.8 Å². The third kappa shape index (κ3) is 4.11. The normalized spacial score (nSPS) is 30.2. The lowest BCUT2D eigenvalue weighted by molar-refractivity contribution is -0.176. The highest BCUT2D eigenvalue weighted by Crippen LogP contribution is 2.43. The van der Waals surface area contributed by atoms with Crippen molar-refractivity contribution in [2.45, 2.75) is 88.3 Å². The lowest BCUT2D eigenvalue weighted by Crippen LogP contribution is -2.68. The third-order valence-corrected chi connectivity index (χ3v) is 8.60. The number of esters is 1. The van der Waals surface area contributed by atoms with Crippen LogP contribution in [0.25, 0.3) is 0 Å². The second-order valence-electron chi connectivity index (χ2n) is 10.7. The van der Waals surface area contributed by atoms with E-state index in [-0.39, 0.29) is 49.5 Å². The Balaban J connectivity index is 1.45. The zero-order chi connectivity index (χ0) is 24.7. The van der Waals surface area contributed by atoms with Crippen molar-refractivity contribution in [2.75, 3.05) is 20.3 Å². The van der Waals surface area contributed by atoms with Crippen molar-refractivity contribution < 1.29 is 33.4 Å². The summed E-state index contributed by atoms with van der Waals surface area (Å²) >= 11 is 0. The summed E-state index contributed by atoms with van der Waals surface area (Å²) < 4.78 is 10.4. The van der Waals surface area contributed by atoms with Gasteiger partial charge in [0.05, 0.1) is 12.6 Å². The van der Waals surface area contributed by atoms with Crippen LogP contribution < -0.4 is 0 Å². The molecule has 2 bridgehead atoms. The number of fused-ring (bicyclic) bond motifs is 4. The van der Waals surface area contributed by atoms with Gasteiger partial charge in [-0.2, -0.15) is 0 Å². The van der Waals surface area contributed by atoms with Crippen molar-refractivity contribution in [2.24, 2.45) is 11.8 Å². The fraction of sp³-hybridized carbons (Fsp3) is 0.731. The maximum absolute atomic E-state index is 13.8. The van der Waals surface area contributed by atoms with E-state index in [1.54, 1.807) is 4.90 Å². The second kappa shape index (κ2) is 9.48. The number of nitrogens with zero attached hydrogens (tertiary/aromatic N) is 2. The summed E-state index contributed by atoms with van der Waals surface area (Å²) in [7, 11) is 1.36. The molecular formula is C26H34N2O7. The quantitative estimate of drug-likeness (QED) is 0.417. The van der Waals surface area contributed by atoms with Crippen molar-refractivity contribution in [3.05, 3.63) is 11.8 Å². The third-order valence-electron chi connectivity index (χ3n) is 8.60. The molecule has 0 spiro atoms. The average molecular weight is 487 g/mol. The monoisotopic (exact) mass is 486 g/mol. The molecule has 5 rings (SSSR count). The standard InChI is InChI=1S/C26H34N2O7/c1-34-15-22(30)35-26(11-4-5-12-26)23(31)25(33)28-18-9-6-10-19(28)24(32)27-14-21(29)17(13-20(18)27)16-7-2-3-8-16/h13,16-19H,2-12,14-15H2,1H3. The van der Waals surface area contributed by atoms with Crippen LogP contribution in [0.2, 0.25) is 0 Å². The van der Waals surface area contributed by atoms with Crippen LogP contribution >= 0.6 is 0 Å². The van der Waals surface area contributed by atoms with Crippen LogP contribution in [-0.2, 0) is 33.4 Å². The van der Waals surface area contributed by atoms with Crippen molar-refractivity contribution in [3.8, 4) is 0 Å². The highest BCUT2D eigenvalue weighted by Gasteiger charge is 2.56. The first kappa shape index (κ1) is 24.2. The summed E-state index contributed by atoms with van der Waals surface area (Å²) in [6.07, 6.45) is 9.90. The maximum Gasteiger partial charge on any atom is 0.333 e. The van der Waals surface area contributed by atoms with E-state index in [1.807, 2.05) is 6.08 Å². The molecule has 2 saturated heterocycles. The summed E-state index contributed by atoms with van der Waals surface area (Å²) in [5.74, 6) is -2.36. The van der Waals surface area contributed by atoms with Gasteiger partial charge >= 0.3 is 5.97 Å². The van der Waals surface area contributed by atoms with Gasteiger partial charge < -0.3 is 19.3 Å². The van der Waals surface area contributed by atoms with Crippen LogP contribution in [0.4, 0.5) is 0 Å². The van der Waals surface area contributed by atoms with Crippen molar-refractivity contribution in [1.82, 2.24) is 9.80 Å². The number of carbonyl (C=O) groups excluding carboxylic acids is 5. The number of methoxy groups -OCH3 is 1. The van der Waals surface area contributed by atoms with Gasteiger partial charge in [0.1, 0.15) is 12.6 Å². The number of ketones is 2. The molecule has 3 atom stereocenters. The molecule has 35 heavy (non-hydrogen) atoms. The summed E-state index contributed by atoms with van der Waals surface area (Å²) in [4.78, 5) is 69.0. The number of amides is 2. The Morgan fingerprint density at radius 3 is 2.34 bits per heavy atom. The summed E-state index contributed by atoms with van der Waals surface area (Å²) in [6, 6.07) is -1.20. The van der Waals surface area contributed by atoms with E-state index in [0.29, 0.717) is 31.4 Å². The smallest absolute Gasteiger partial charge is 0.333 e. The van der Waals surface area contributed by atoms with E-state index in [9.17, 15) is 24.0 Å². The van der Waals surface area contributed by atoms with Crippen molar-refractivity contribution >= 4 is 29.4 Å². The minimum Gasteiger partial charge on any atom is -0.449 e. The van der Waals surface area contributed by atoms with Crippen molar-refractivity contribution in [3.63, 3.8) is 0 Å². The molecule has 190 valence electrons. The van der Waals surface area contributed by atoms with Gasteiger partial charge in [-0.25, -0.2) is 4.79 Å². The first-order valence-electron chi connectivity index (χ1n) is 13.0. The molecule has 0 N–H and O–H groups in total. The van der Waals surface area contributed by atoms with Crippen LogP contribution in [0, 0.1) is 11.8 Å². The Morgan fingerprint density at radius 1 is 0.971 bits per heavy atom. The molecule has 3 heterocycles. The Kier molecular flexibility index (Phi) is 6.55. The molecule has 5 aliphatic rings. The maximum atomic E-state index is 13.8. The topological polar surface area (TPSA) is 110 Å². The molecule has 9 heteroatoms. The van der Waals surface area contributed by atoms with Gasteiger partial charge in [0.25, 0.3) is 11.7 Å². The van der Waals surface area contributed by atoms with Crippen LogP contribution in [0.1, 0.15) is 70.6 Å². The Morgan fingerprint density at radius 2 is 1.66 bits per heavy atom. The van der Waals surface area contributed by atoms with Crippen LogP contribution in [0.5, 0.6) is 0 Å². The molecule has 3 aliphatic heterocycles. The molecule has 2 amide bonds. The first-order chi connectivity index (χ1) is 16.9. The second-order valence-corrected chi connectivity index (χ2v) is 10.7. The van der Waals surface area contributed by atoms with Gasteiger partial charge in [-0.1, -0.05) is 18.9 Å². The Hall–Kier alpha value is -2.55. The molecule has 0 aromatic heterocycles. The highest BCUT2D eigenvalue weighted by atomic mass is 16.6. The number of Topliss-reactive ketones (excluding diaryl/α,β-unsaturated/α-hetero) is 2. The van der Waals surface area contributed by atoms with E-state index in [4.69, 9.17) is 9.47 Å². The highest BCUT2D eigenvalue weighted by molar-refractivity contribution is 6.40. The van der Waals surface area contributed by atoms with Gasteiger partial charge in [-0.3, -0.25) is 19.2 Å². The fourth-order valence-corrected chi connectivity index (χ4v) is 6.93. The molecule has 0 radical (unpaired) electrons. The molecule has 4 fully saturated rings. The minimum absolute atomic E-state index is 0.0490. The number of rotatable bonds is 6. The van der Waals surface area contributed by atoms with Gasteiger partial charge in [-0.05, 0) is 63.7 Å². The lowest BCUT2D eigenvalue weighted by Gasteiger charge is -2.52. The number of ether oxygens (including phenoxy) is 2. The van der Waals surface area contributed by atoms with Gasteiger partial charge in [0.15, 0.2) is 11.4 Å². The van der Waals surface area contributed by atoms with Gasteiger partial charge in [0, 0.05) is 18.7 Å². The number of carbonyl (C=O) groups is 5. The van der Waals surface area contributed by atoms with Gasteiger partial charge in [-0.15, -0.1) is 0 Å². The zero-order valence-electron chi connectivity index (χ0n) is 20.3. The lowest BCUT2D eigenvalue weighted by atomic mass is 9.79. The fourth-order valence-electron chi connectivity index (χ4n) is 6.93. The number of hydrogen-bond donors (Lipinski definition) is 0. The predicted molar refractivity (Wildman–Crippen MR) is 123 cm³/mol. The predicted octanol–water partition coefficient (Wildman–Crippen LogP) is 1.92. The van der Waals surface area contributed by atoms with E-state index in [0.717, 1.165) is 32.1 Å². The number of hydrogen-bond acceptors (Lipinski definition) is 7. The van der Waals surface area contributed by atoms with Gasteiger partial charge in [0.2, 0.25) is 5.91 Å². The molecule has 0 aromatic carbocycles. The zero-order valence-corrected chi connectivity index (χ0v) is 20.3. The SMILES string of the molecule is COCC(=O)OC1(C(=O)C(=O)N2C3CCCC2C2=CC(C4CCCC4)C(=O)CN2C3=O)CCCC1. The average Bonchev–Trinajstić information content (AvgIpc) is 3.55. The molecule has 2 aliphatic carbocycles. The molecule has 2 saturated carbocycles. The summed E-state index contributed by atoms with van der Waals surface area (Å²) in [5.41, 5.74) is -0.801. The largest absolute Gasteiger partial charge is 0.449 e. The first-order valence-corrected chi connectivity index (χ1v) is 13.0. The number of allylic oxidation sites excluding steroid dienone is 1. The van der Waals surface area contributed by atoms with E-state index >= 15 is 0 Å². The summed E-state index contributed by atoms with van der Waals surface area (Å²) in [5, 5.41) is 0. The summed E-state index contributed by atoms with van der Waals surface area (Å²) in [6.45, 7) is -0.248.